The number of Topliss-reactive ketones (excluding diaryl/α,β-unsaturated/α-hetero) is 1. The lowest BCUT2D eigenvalue weighted by atomic mass is 9.86. The van der Waals surface area contributed by atoms with Crippen LogP contribution in [0.3, 0.4) is 0 Å². The van der Waals surface area contributed by atoms with Gasteiger partial charge in [-0.05, 0) is 31.5 Å². The third kappa shape index (κ3) is 4.79. The largest absolute Gasteiger partial charge is 0.504 e. The molecule has 4 rings (SSSR count). The fourth-order valence-electron chi connectivity index (χ4n) is 4.19. The SMILES string of the molecule is COc1c(O)c(C)c2c(c1OC)OC(C)(CCOc1ccc(Cc3sc(=O)[nH]c3O)cc1)CC2=O. The van der Waals surface area contributed by atoms with Crippen molar-refractivity contribution in [2.24, 2.45) is 0 Å². The minimum absolute atomic E-state index is 0.100. The second kappa shape index (κ2) is 9.53. The monoisotopic (exact) mass is 501 g/mol. The number of carbonyl (C=O) groups excluding carboxylic acids is 1. The van der Waals surface area contributed by atoms with Crippen LogP contribution in [0.4, 0.5) is 0 Å². The van der Waals surface area contributed by atoms with Crippen LogP contribution in [-0.2, 0) is 6.42 Å². The van der Waals surface area contributed by atoms with Gasteiger partial charge in [0.05, 0.1) is 37.7 Å². The van der Waals surface area contributed by atoms with E-state index in [1.54, 1.807) is 6.92 Å². The molecule has 0 spiro atoms. The number of ketones is 1. The minimum Gasteiger partial charge on any atom is -0.504 e. The summed E-state index contributed by atoms with van der Waals surface area (Å²) in [5.41, 5.74) is 0.774. The van der Waals surface area contributed by atoms with E-state index in [0.29, 0.717) is 41.2 Å². The molecule has 186 valence electrons. The number of aromatic nitrogens is 1. The van der Waals surface area contributed by atoms with Crippen LogP contribution in [0.15, 0.2) is 29.1 Å². The van der Waals surface area contributed by atoms with Crippen LogP contribution in [0.25, 0.3) is 0 Å². The molecule has 2 heterocycles. The number of H-pyrrole nitrogens is 1. The Balaban J connectivity index is 1.44. The second-order valence-electron chi connectivity index (χ2n) is 8.60. The number of carbonyl (C=O) groups is 1. The summed E-state index contributed by atoms with van der Waals surface area (Å²) in [4.78, 5) is 27.0. The number of hydrogen-bond acceptors (Lipinski definition) is 9. The molecule has 3 N–H and O–H groups in total. The maximum atomic E-state index is 13.0. The number of methoxy groups -OCH3 is 2. The first-order valence-corrected chi connectivity index (χ1v) is 11.8. The summed E-state index contributed by atoms with van der Waals surface area (Å²) in [5.74, 6) is 0.817. The molecular formula is C25H27NO8S. The van der Waals surface area contributed by atoms with Gasteiger partial charge in [-0.15, -0.1) is 0 Å². The van der Waals surface area contributed by atoms with E-state index in [0.717, 1.165) is 16.9 Å². The Labute approximate surface area is 205 Å². The number of phenolic OH excluding ortho intramolecular Hbond substituents is 1. The molecule has 3 aromatic rings. The highest BCUT2D eigenvalue weighted by Gasteiger charge is 2.41. The fraction of sp³-hybridized carbons (Fsp3) is 0.360. The highest BCUT2D eigenvalue weighted by Crippen LogP contribution is 2.52. The van der Waals surface area contributed by atoms with Gasteiger partial charge in [-0.1, -0.05) is 23.5 Å². The first-order valence-electron chi connectivity index (χ1n) is 11.0. The van der Waals surface area contributed by atoms with E-state index >= 15 is 0 Å². The van der Waals surface area contributed by atoms with E-state index < -0.39 is 5.60 Å². The van der Waals surface area contributed by atoms with Gasteiger partial charge in [-0.2, -0.15) is 0 Å². The van der Waals surface area contributed by atoms with Gasteiger partial charge in [0.15, 0.2) is 17.3 Å². The zero-order chi connectivity index (χ0) is 25.3. The molecule has 1 unspecified atom stereocenters. The molecule has 2 aromatic carbocycles. The smallest absolute Gasteiger partial charge is 0.307 e. The molecule has 0 amide bonds. The van der Waals surface area contributed by atoms with E-state index in [9.17, 15) is 19.8 Å². The van der Waals surface area contributed by atoms with Crippen molar-refractivity contribution in [1.29, 1.82) is 0 Å². The number of fused-ring (bicyclic) bond motifs is 1. The lowest BCUT2D eigenvalue weighted by molar-refractivity contribution is 0.0354. The Kier molecular flexibility index (Phi) is 6.66. The van der Waals surface area contributed by atoms with Crippen LogP contribution in [-0.4, -0.2) is 47.4 Å². The second-order valence-corrected chi connectivity index (χ2v) is 9.67. The first kappa shape index (κ1) is 24.5. The van der Waals surface area contributed by atoms with Crippen molar-refractivity contribution in [3.8, 4) is 34.6 Å². The lowest BCUT2D eigenvalue weighted by Gasteiger charge is -2.36. The molecule has 0 fully saturated rings. The van der Waals surface area contributed by atoms with Crippen molar-refractivity contribution in [2.45, 2.75) is 38.7 Å². The quantitative estimate of drug-likeness (QED) is 0.423. The predicted octanol–water partition coefficient (Wildman–Crippen LogP) is 3.96. The molecular weight excluding hydrogens is 474 g/mol. The highest BCUT2D eigenvalue weighted by atomic mass is 32.1. The Bertz CT molecular complexity index is 1310. The number of thiazole rings is 1. The maximum absolute atomic E-state index is 13.0. The number of hydrogen-bond donors (Lipinski definition) is 3. The minimum atomic E-state index is -0.838. The van der Waals surface area contributed by atoms with Crippen LogP contribution in [0.1, 0.15) is 46.1 Å². The standard InChI is InChI=1S/C25H27NO8S/c1-13-18-16(27)12-25(2,34-20(18)22(32-4)21(31-3)19(13)28)9-10-33-15-7-5-14(6-8-15)11-17-23(29)26-24(30)35-17/h5-8,28-29H,9-12H2,1-4H3,(H,26,30). The summed E-state index contributed by atoms with van der Waals surface area (Å²) in [6.07, 6.45) is 0.987. The molecule has 1 atom stereocenters. The van der Waals surface area contributed by atoms with Crippen molar-refractivity contribution < 1.29 is 34.0 Å². The first-order chi connectivity index (χ1) is 16.7. The molecule has 0 saturated heterocycles. The number of benzene rings is 2. The summed E-state index contributed by atoms with van der Waals surface area (Å²) >= 11 is 0.980. The molecule has 0 bridgehead atoms. The van der Waals surface area contributed by atoms with E-state index in [2.05, 4.69) is 4.98 Å². The third-order valence-electron chi connectivity index (χ3n) is 6.04. The van der Waals surface area contributed by atoms with Crippen LogP contribution >= 0.6 is 11.3 Å². The van der Waals surface area contributed by atoms with Gasteiger partial charge in [0.25, 0.3) is 0 Å². The summed E-state index contributed by atoms with van der Waals surface area (Å²) in [5, 5.41) is 20.2. The molecule has 1 aliphatic rings. The van der Waals surface area contributed by atoms with Gasteiger partial charge in [-0.25, -0.2) is 0 Å². The Hall–Kier alpha value is -3.66. The van der Waals surface area contributed by atoms with Crippen molar-refractivity contribution in [2.75, 3.05) is 20.8 Å². The van der Waals surface area contributed by atoms with E-state index in [4.69, 9.17) is 18.9 Å². The van der Waals surface area contributed by atoms with Crippen LogP contribution in [0, 0.1) is 6.92 Å². The molecule has 9 nitrogen and oxygen atoms in total. The van der Waals surface area contributed by atoms with Crippen LogP contribution < -0.4 is 23.8 Å². The Morgan fingerprint density at radius 2 is 1.80 bits per heavy atom. The van der Waals surface area contributed by atoms with Gasteiger partial charge in [0, 0.05) is 18.4 Å². The van der Waals surface area contributed by atoms with E-state index in [1.165, 1.54) is 14.2 Å². The Morgan fingerprint density at radius 1 is 1.11 bits per heavy atom. The summed E-state index contributed by atoms with van der Waals surface area (Å²) in [7, 11) is 2.84. The number of aromatic hydroxyl groups is 2. The zero-order valence-corrected chi connectivity index (χ0v) is 20.7. The summed E-state index contributed by atoms with van der Waals surface area (Å²) < 4.78 is 22.9. The van der Waals surface area contributed by atoms with Gasteiger partial charge in [0.2, 0.25) is 17.4 Å². The highest BCUT2D eigenvalue weighted by molar-refractivity contribution is 7.09. The summed E-state index contributed by atoms with van der Waals surface area (Å²) in [6, 6.07) is 7.35. The average Bonchev–Trinajstić information content (AvgIpc) is 3.13. The molecule has 35 heavy (non-hydrogen) atoms. The van der Waals surface area contributed by atoms with E-state index in [1.807, 2.05) is 31.2 Å². The van der Waals surface area contributed by atoms with Crippen LogP contribution in [0.5, 0.6) is 34.6 Å². The van der Waals surface area contributed by atoms with Crippen molar-refractivity contribution >= 4 is 17.1 Å². The lowest BCUT2D eigenvalue weighted by Crippen LogP contribution is -2.41. The predicted molar refractivity (Wildman–Crippen MR) is 130 cm³/mol. The number of rotatable bonds is 8. The Morgan fingerprint density at radius 3 is 2.40 bits per heavy atom. The topological polar surface area (TPSA) is 127 Å². The van der Waals surface area contributed by atoms with E-state index in [-0.39, 0.29) is 46.0 Å². The van der Waals surface area contributed by atoms with Gasteiger partial charge in [0.1, 0.15) is 11.4 Å². The molecule has 1 aliphatic heterocycles. The van der Waals surface area contributed by atoms with Crippen molar-refractivity contribution in [1.82, 2.24) is 4.98 Å². The normalized spacial score (nSPS) is 17.0. The fourth-order valence-corrected chi connectivity index (χ4v) is 4.94. The summed E-state index contributed by atoms with van der Waals surface area (Å²) in [6.45, 7) is 3.78. The van der Waals surface area contributed by atoms with Gasteiger partial charge in [-0.3, -0.25) is 14.6 Å². The van der Waals surface area contributed by atoms with Crippen LogP contribution in [0.2, 0.25) is 0 Å². The average molecular weight is 502 g/mol. The number of aromatic amines is 1. The van der Waals surface area contributed by atoms with Crippen molar-refractivity contribution in [3.05, 3.63) is 55.5 Å². The molecule has 1 aromatic heterocycles. The number of ether oxygens (including phenoxy) is 4. The molecule has 10 heteroatoms. The number of nitrogens with one attached hydrogen (secondary N) is 1. The number of phenols is 1. The zero-order valence-electron chi connectivity index (χ0n) is 19.9. The van der Waals surface area contributed by atoms with Gasteiger partial charge >= 0.3 is 4.87 Å². The molecule has 0 radical (unpaired) electrons. The molecule has 0 aliphatic carbocycles. The van der Waals surface area contributed by atoms with Crippen molar-refractivity contribution in [3.63, 3.8) is 0 Å². The molecule has 0 saturated carbocycles. The van der Waals surface area contributed by atoms with Gasteiger partial charge < -0.3 is 29.2 Å². The maximum Gasteiger partial charge on any atom is 0.307 e. The third-order valence-corrected chi connectivity index (χ3v) is 6.91.